The average molecular weight is 513 g/mol. The van der Waals surface area contributed by atoms with E-state index in [0.717, 1.165) is 16.6 Å². The maximum absolute atomic E-state index is 13.5. The predicted octanol–water partition coefficient (Wildman–Crippen LogP) is 3.06. The van der Waals surface area contributed by atoms with Crippen LogP contribution in [0.3, 0.4) is 0 Å². The molecule has 0 bridgehead atoms. The SMILES string of the molecule is CCCNC(=O)Cc1ccc(-n2c(=O)c3ccccc3n(CC(=O)Nc3ccc(C(C)=O)cc3)c2=O)cc1. The van der Waals surface area contributed by atoms with Crippen LogP contribution in [0.2, 0.25) is 0 Å². The van der Waals surface area contributed by atoms with Gasteiger partial charge >= 0.3 is 5.69 Å². The van der Waals surface area contributed by atoms with E-state index in [1.165, 1.54) is 11.5 Å². The first-order valence-electron chi connectivity index (χ1n) is 12.3. The zero-order valence-electron chi connectivity index (χ0n) is 21.2. The second-order valence-corrected chi connectivity index (χ2v) is 8.90. The summed E-state index contributed by atoms with van der Waals surface area (Å²) in [5.41, 5.74) is 1.24. The van der Waals surface area contributed by atoms with E-state index in [0.29, 0.717) is 29.0 Å². The summed E-state index contributed by atoms with van der Waals surface area (Å²) in [5, 5.41) is 5.83. The molecule has 4 aromatic rings. The van der Waals surface area contributed by atoms with E-state index in [2.05, 4.69) is 10.6 Å². The van der Waals surface area contributed by atoms with E-state index in [9.17, 15) is 24.0 Å². The van der Waals surface area contributed by atoms with Crippen molar-refractivity contribution in [1.82, 2.24) is 14.5 Å². The number of nitrogens with zero attached hydrogens (tertiary/aromatic N) is 2. The van der Waals surface area contributed by atoms with E-state index in [1.54, 1.807) is 72.8 Å². The molecule has 3 aromatic carbocycles. The highest BCUT2D eigenvalue weighted by molar-refractivity contribution is 5.96. The number of carbonyl (C=O) groups excluding carboxylic acids is 3. The highest BCUT2D eigenvalue weighted by Gasteiger charge is 2.17. The molecule has 2 amide bonds. The van der Waals surface area contributed by atoms with Crippen LogP contribution in [0.4, 0.5) is 5.69 Å². The number of Topliss-reactive ketones (excluding diaryl/α,β-unsaturated/α-hetero) is 1. The molecule has 38 heavy (non-hydrogen) atoms. The van der Waals surface area contributed by atoms with Crippen LogP contribution in [0.25, 0.3) is 16.6 Å². The van der Waals surface area contributed by atoms with Crippen LogP contribution in [0.15, 0.2) is 82.4 Å². The van der Waals surface area contributed by atoms with Crippen molar-refractivity contribution >= 4 is 34.2 Å². The molecule has 1 aromatic heterocycles. The van der Waals surface area contributed by atoms with E-state index >= 15 is 0 Å². The molecule has 0 fully saturated rings. The van der Waals surface area contributed by atoms with Gasteiger partial charge in [0.2, 0.25) is 11.8 Å². The Bertz CT molecular complexity index is 1620. The Morgan fingerprint density at radius 2 is 1.53 bits per heavy atom. The minimum absolute atomic E-state index is 0.0871. The first-order chi connectivity index (χ1) is 18.3. The summed E-state index contributed by atoms with van der Waals surface area (Å²) in [7, 11) is 0. The molecule has 9 nitrogen and oxygen atoms in total. The van der Waals surface area contributed by atoms with Crippen LogP contribution in [0.1, 0.15) is 36.2 Å². The number of ketones is 1. The van der Waals surface area contributed by atoms with Gasteiger partial charge < -0.3 is 10.6 Å². The molecule has 194 valence electrons. The molecule has 0 spiro atoms. The van der Waals surface area contributed by atoms with Crippen molar-refractivity contribution in [3.05, 3.63) is 105 Å². The van der Waals surface area contributed by atoms with Crippen molar-refractivity contribution in [2.24, 2.45) is 0 Å². The summed E-state index contributed by atoms with van der Waals surface area (Å²) in [5.74, 6) is -0.658. The van der Waals surface area contributed by atoms with E-state index in [-0.39, 0.29) is 30.0 Å². The van der Waals surface area contributed by atoms with Gasteiger partial charge in [-0.05, 0) is 67.4 Å². The highest BCUT2D eigenvalue weighted by atomic mass is 16.2. The first-order valence-corrected chi connectivity index (χ1v) is 12.3. The summed E-state index contributed by atoms with van der Waals surface area (Å²) in [6.45, 7) is 3.70. The maximum atomic E-state index is 13.5. The smallest absolute Gasteiger partial charge is 0.336 e. The molecule has 0 unspecified atom stereocenters. The monoisotopic (exact) mass is 512 g/mol. The van der Waals surface area contributed by atoms with Crippen molar-refractivity contribution in [2.45, 2.75) is 33.2 Å². The summed E-state index contributed by atoms with van der Waals surface area (Å²) in [6, 6.07) is 19.7. The second-order valence-electron chi connectivity index (χ2n) is 8.90. The molecule has 9 heteroatoms. The Morgan fingerprint density at radius 1 is 0.842 bits per heavy atom. The van der Waals surface area contributed by atoms with Crippen molar-refractivity contribution in [1.29, 1.82) is 0 Å². The molecule has 0 aliphatic carbocycles. The van der Waals surface area contributed by atoms with Gasteiger partial charge in [0.25, 0.3) is 5.56 Å². The van der Waals surface area contributed by atoms with Crippen molar-refractivity contribution in [2.75, 3.05) is 11.9 Å². The zero-order valence-corrected chi connectivity index (χ0v) is 21.2. The third-order valence-electron chi connectivity index (χ3n) is 6.06. The van der Waals surface area contributed by atoms with Crippen LogP contribution in [-0.2, 0) is 22.6 Å². The van der Waals surface area contributed by atoms with Crippen molar-refractivity contribution < 1.29 is 14.4 Å². The van der Waals surface area contributed by atoms with Gasteiger partial charge in [-0.3, -0.25) is 23.7 Å². The van der Waals surface area contributed by atoms with Gasteiger partial charge in [0.1, 0.15) is 6.54 Å². The lowest BCUT2D eigenvalue weighted by Gasteiger charge is -2.14. The first kappa shape index (κ1) is 26.3. The number of amides is 2. The molecule has 0 aliphatic heterocycles. The normalized spacial score (nSPS) is 10.8. The fourth-order valence-corrected chi connectivity index (χ4v) is 4.11. The number of fused-ring (bicyclic) bond motifs is 1. The van der Waals surface area contributed by atoms with Gasteiger partial charge in [-0.25, -0.2) is 9.36 Å². The molecular weight excluding hydrogens is 484 g/mol. The summed E-state index contributed by atoms with van der Waals surface area (Å²) >= 11 is 0. The van der Waals surface area contributed by atoms with Crippen LogP contribution in [0, 0.1) is 0 Å². The number of benzene rings is 3. The summed E-state index contributed by atoms with van der Waals surface area (Å²) in [4.78, 5) is 63.3. The van der Waals surface area contributed by atoms with E-state index in [1.807, 2.05) is 6.92 Å². The number of aromatic nitrogens is 2. The van der Waals surface area contributed by atoms with Crippen molar-refractivity contribution in [3.63, 3.8) is 0 Å². The van der Waals surface area contributed by atoms with Gasteiger partial charge in [-0.15, -0.1) is 0 Å². The Morgan fingerprint density at radius 3 is 2.18 bits per heavy atom. The Kier molecular flexibility index (Phi) is 7.96. The van der Waals surface area contributed by atoms with Gasteiger partial charge in [0, 0.05) is 17.8 Å². The highest BCUT2D eigenvalue weighted by Crippen LogP contribution is 2.13. The largest absolute Gasteiger partial charge is 0.356 e. The third kappa shape index (κ3) is 5.78. The standard InChI is InChI=1S/C29H28N4O5/c1-3-16-30-26(35)17-20-8-14-23(15-9-20)33-28(37)24-6-4-5-7-25(24)32(29(33)38)18-27(36)31-22-12-10-21(11-13-22)19(2)34/h4-15H,3,16-18H2,1-2H3,(H,30,35)(H,31,36). The summed E-state index contributed by atoms with van der Waals surface area (Å²) < 4.78 is 2.28. The molecule has 0 atom stereocenters. The number of anilines is 1. The van der Waals surface area contributed by atoms with Gasteiger partial charge in [-0.2, -0.15) is 0 Å². The zero-order chi connectivity index (χ0) is 27.2. The van der Waals surface area contributed by atoms with Crippen LogP contribution in [0.5, 0.6) is 0 Å². The maximum Gasteiger partial charge on any atom is 0.336 e. The van der Waals surface area contributed by atoms with Crippen LogP contribution < -0.4 is 21.9 Å². The predicted molar refractivity (Wildman–Crippen MR) is 146 cm³/mol. The molecule has 0 radical (unpaired) electrons. The van der Waals surface area contributed by atoms with Gasteiger partial charge in [-0.1, -0.05) is 31.2 Å². The average Bonchev–Trinajstić information content (AvgIpc) is 2.91. The molecule has 0 saturated carbocycles. The fourth-order valence-electron chi connectivity index (χ4n) is 4.11. The Hall–Kier alpha value is -4.79. The molecular formula is C29H28N4O5. The number of hydrogen-bond acceptors (Lipinski definition) is 5. The Labute approximate surface area is 218 Å². The van der Waals surface area contributed by atoms with Crippen LogP contribution >= 0.6 is 0 Å². The summed E-state index contributed by atoms with van der Waals surface area (Å²) in [6.07, 6.45) is 1.02. The lowest BCUT2D eigenvalue weighted by molar-refractivity contribution is -0.120. The number of rotatable bonds is 9. The minimum atomic E-state index is -0.663. The number of nitrogens with one attached hydrogen (secondary N) is 2. The van der Waals surface area contributed by atoms with Crippen LogP contribution in [-0.4, -0.2) is 33.3 Å². The molecule has 4 rings (SSSR count). The van der Waals surface area contributed by atoms with Crippen molar-refractivity contribution in [3.8, 4) is 5.69 Å². The minimum Gasteiger partial charge on any atom is -0.356 e. The third-order valence-corrected chi connectivity index (χ3v) is 6.06. The molecule has 2 N–H and O–H groups in total. The number of hydrogen-bond donors (Lipinski definition) is 2. The number of para-hydroxylation sites is 1. The number of carbonyl (C=O) groups is 3. The second kappa shape index (κ2) is 11.5. The van der Waals surface area contributed by atoms with E-state index < -0.39 is 17.2 Å². The van der Waals surface area contributed by atoms with Gasteiger partial charge in [0.05, 0.1) is 23.0 Å². The lowest BCUT2D eigenvalue weighted by atomic mass is 10.1. The molecule has 0 aliphatic rings. The topological polar surface area (TPSA) is 119 Å². The Balaban J connectivity index is 1.66. The van der Waals surface area contributed by atoms with Gasteiger partial charge in [0.15, 0.2) is 5.78 Å². The molecule has 0 saturated heterocycles. The van der Waals surface area contributed by atoms with E-state index in [4.69, 9.17) is 0 Å². The fraction of sp³-hybridized carbons (Fsp3) is 0.207. The molecule has 1 heterocycles. The quantitative estimate of drug-likeness (QED) is 0.334. The lowest BCUT2D eigenvalue weighted by Crippen LogP contribution is -2.40.